The second-order valence-corrected chi connectivity index (χ2v) is 9.12. The molecule has 0 unspecified atom stereocenters. The van der Waals surface area contributed by atoms with Gasteiger partial charge in [0, 0.05) is 6.42 Å². The van der Waals surface area contributed by atoms with Crippen molar-refractivity contribution < 1.29 is 9.47 Å². The van der Waals surface area contributed by atoms with Crippen LogP contribution in [0.3, 0.4) is 0 Å². The Hall–Kier alpha value is -0.0800. The van der Waals surface area contributed by atoms with E-state index in [1.54, 1.807) is 0 Å². The summed E-state index contributed by atoms with van der Waals surface area (Å²) in [6.45, 7) is 10.6. The molecule has 114 valence electrons. The first kappa shape index (κ1) is 13.6. The molecule has 2 heterocycles. The maximum absolute atomic E-state index is 6.54. The van der Waals surface area contributed by atoms with Crippen LogP contribution in [-0.2, 0) is 9.47 Å². The van der Waals surface area contributed by atoms with Gasteiger partial charge in [0.15, 0.2) is 5.79 Å². The molecule has 0 aromatic carbocycles. The van der Waals surface area contributed by atoms with Crippen LogP contribution >= 0.6 is 0 Å². The van der Waals surface area contributed by atoms with Crippen molar-refractivity contribution in [1.82, 2.24) is 0 Å². The highest BCUT2D eigenvalue weighted by atomic mass is 16.8. The summed E-state index contributed by atoms with van der Waals surface area (Å²) in [5.74, 6) is 1.31. The Morgan fingerprint density at radius 3 is 2.40 bits per heavy atom. The van der Waals surface area contributed by atoms with Gasteiger partial charge in [-0.15, -0.1) is 0 Å². The van der Waals surface area contributed by atoms with E-state index in [9.17, 15) is 0 Å². The first-order valence-corrected chi connectivity index (χ1v) is 8.64. The van der Waals surface area contributed by atoms with Gasteiger partial charge in [-0.05, 0) is 61.7 Å². The highest BCUT2D eigenvalue weighted by molar-refractivity contribution is 5.13. The second-order valence-electron chi connectivity index (χ2n) is 9.12. The van der Waals surface area contributed by atoms with Gasteiger partial charge in [-0.25, -0.2) is 0 Å². The SMILES string of the molecule is CC1(C)CCC[C@@]2(C)[C@@H]3CC[C@]4(C)OC[C@@]3(CC[C@@H]12)O4. The minimum atomic E-state index is -0.274. The minimum absolute atomic E-state index is 0.0473. The van der Waals surface area contributed by atoms with Crippen LogP contribution in [0.15, 0.2) is 0 Å². The summed E-state index contributed by atoms with van der Waals surface area (Å²) in [6.07, 6.45) is 9.14. The van der Waals surface area contributed by atoms with Gasteiger partial charge < -0.3 is 9.47 Å². The second kappa shape index (κ2) is 3.81. The molecule has 2 nitrogen and oxygen atoms in total. The summed E-state index contributed by atoms with van der Waals surface area (Å²) in [7, 11) is 0. The summed E-state index contributed by atoms with van der Waals surface area (Å²) in [5, 5.41) is 0. The zero-order valence-electron chi connectivity index (χ0n) is 13.6. The van der Waals surface area contributed by atoms with E-state index in [0.717, 1.165) is 18.9 Å². The maximum Gasteiger partial charge on any atom is 0.166 e. The quantitative estimate of drug-likeness (QED) is 0.648. The van der Waals surface area contributed by atoms with Gasteiger partial charge in [0.05, 0.1) is 12.2 Å². The Balaban J connectivity index is 1.73. The van der Waals surface area contributed by atoms with E-state index in [1.807, 2.05) is 0 Å². The molecule has 20 heavy (non-hydrogen) atoms. The van der Waals surface area contributed by atoms with Crippen LogP contribution < -0.4 is 0 Å². The molecule has 5 atom stereocenters. The molecule has 0 aromatic rings. The molecule has 2 bridgehead atoms. The Kier molecular flexibility index (Phi) is 2.59. The smallest absolute Gasteiger partial charge is 0.166 e. The lowest BCUT2D eigenvalue weighted by Crippen LogP contribution is -2.61. The third-order valence-electron chi connectivity index (χ3n) is 7.49. The maximum atomic E-state index is 6.54. The molecule has 2 saturated carbocycles. The summed E-state index contributed by atoms with van der Waals surface area (Å²) in [5.41, 5.74) is 1.02. The fraction of sp³-hybridized carbons (Fsp3) is 1.00. The average molecular weight is 278 g/mol. The zero-order valence-corrected chi connectivity index (χ0v) is 13.6. The van der Waals surface area contributed by atoms with E-state index in [1.165, 1.54) is 38.5 Å². The standard InChI is InChI=1S/C18H30O2/c1-15(2)8-5-9-16(3)13(15)7-11-18-12-19-17(4,20-18)10-6-14(16)18/h13-14H,5-12H2,1-4H3/t13-,14-,16+,17+,18+/m0/s1. The minimum Gasteiger partial charge on any atom is -0.347 e. The van der Waals surface area contributed by atoms with E-state index in [0.29, 0.717) is 16.7 Å². The first-order valence-electron chi connectivity index (χ1n) is 8.64. The Morgan fingerprint density at radius 2 is 1.60 bits per heavy atom. The van der Waals surface area contributed by atoms with E-state index < -0.39 is 0 Å². The van der Waals surface area contributed by atoms with Crippen molar-refractivity contribution >= 4 is 0 Å². The summed E-state index contributed by atoms with van der Waals surface area (Å²) >= 11 is 0. The fourth-order valence-corrected chi connectivity index (χ4v) is 6.65. The van der Waals surface area contributed by atoms with Crippen molar-refractivity contribution in [3.8, 4) is 0 Å². The van der Waals surface area contributed by atoms with Crippen LogP contribution in [0.25, 0.3) is 0 Å². The third kappa shape index (κ3) is 1.58. The molecule has 0 N–H and O–H groups in total. The molecular weight excluding hydrogens is 248 g/mol. The zero-order chi connectivity index (χ0) is 14.2. The first-order chi connectivity index (χ1) is 9.30. The summed E-state index contributed by atoms with van der Waals surface area (Å²) in [6, 6.07) is 0. The van der Waals surface area contributed by atoms with E-state index >= 15 is 0 Å². The van der Waals surface area contributed by atoms with E-state index in [-0.39, 0.29) is 11.4 Å². The largest absolute Gasteiger partial charge is 0.347 e. The monoisotopic (exact) mass is 278 g/mol. The van der Waals surface area contributed by atoms with Gasteiger partial charge in [-0.1, -0.05) is 27.2 Å². The van der Waals surface area contributed by atoms with Crippen LogP contribution in [0.4, 0.5) is 0 Å². The van der Waals surface area contributed by atoms with Crippen molar-refractivity contribution in [3.63, 3.8) is 0 Å². The molecule has 0 aromatic heterocycles. The molecule has 4 rings (SSSR count). The van der Waals surface area contributed by atoms with Crippen LogP contribution in [-0.4, -0.2) is 18.0 Å². The molecule has 1 spiro atoms. The van der Waals surface area contributed by atoms with Gasteiger partial charge >= 0.3 is 0 Å². The predicted molar refractivity (Wildman–Crippen MR) is 79.4 cm³/mol. The average Bonchev–Trinajstić information content (AvgIpc) is 2.58. The Morgan fingerprint density at radius 1 is 0.850 bits per heavy atom. The highest BCUT2D eigenvalue weighted by Crippen LogP contribution is 2.67. The topological polar surface area (TPSA) is 18.5 Å². The van der Waals surface area contributed by atoms with E-state index in [4.69, 9.17) is 9.47 Å². The van der Waals surface area contributed by atoms with Crippen LogP contribution in [0, 0.1) is 22.7 Å². The van der Waals surface area contributed by atoms with Gasteiger partial charge in [-0.2, -0.15) is 0 Å². The molecule has 0 amide bonds. The van der Waals surface area contributed by atoms with Crippen molar-refractivity contribution in [2.24, 2.45) is 22.7 Å². The fourth-order valence-electron chi connectivity index (χ4n) is 6.65. The van der Waals surface area contributed by atoms with Crippen LogP contribution in [0.5, 0.6) is 0 Å². The normalized spacial score (nSPS) is 57.0. The lowest BCUT2D eigenvalue weighted by molar-refractivity contribution is -0.260. The number of hydrogen-bond donors (Lipinski definition) is 0. The molecule has 4 aliphatic rings. The van der Waals surface area contributed by atoms with Gasteiger partial charge in [0.25, 0.3) is 0 Å². The summed E-state index contributed by atoms with van der Waals surface area (Å²) in [4.78, 5) is 0. The number of ether oxygens (including phenoxy) is 2. The molecule has 4 fully saturated rings. The van der Waals surface area contributed by atoms with Crippen molar-refractivity contribution in [1.29, 1.82) is 0 Å². The molecule has 2 saturated heterocycles. The number of hydrogen-bond acceptors (Lipinski definition) is 2. The van der Waals surface area contributed by atoms with Gasteiger partial charge in [0.2, 0.25) is 0 Å². The lowest BCUT2D eigenvalue weighted by Gasteiger charge is -2.63. The number of rotatable bonds is 0. The molecule has 2 aliphatic heterocycles. The number of fused-ring (bicyclic) bond motifs is 3. The third-order valence-corrected chi connectivity index (χ3v) is 7.49. The van der Waals surface area contributed by atoms with Gasteiger partial charge in [-0.3, -0.25) is 0 Å². The van der Waals surface area contributed by atoms with Crippen molar-refractivity contribution in [3.05, 3.63) is 0 Å². The lowest BCUT2D eigenvalue weighted by atomic mass is 9.44. The van der Waals surface area contributed by atoms with Crippen molar-refractivity contribution in [2.75, 3.05) is 6.61 Å². The molecule has 2 aliphatic carbocycles. The highest BCUT2D eigenvalue weighted by Gasteiger charge is 2.66. The van der Waals surface area contributed by atoms with Crippen LogP contribution in [0.2, 0.25) is 0 Å². The molecular formula is C18H30O2. The van der Waals surface area contributed by atoms with Crippen LogP contribution in [0.1, 0.15) is 72.6 Å². The van der Waals surface area contributed by atoms with Crippen molar-refractivity contribution in [2.45, 2.75) is 84.0 Å². The van der Waals surface area contributed by atoms with Gasteiger partial charge in [0.1, 0.15) is 0 Å². The predicted octanol–water partition coefficient (Wildman–Crippen LogP) is 4.52. The summed E-state index contributed by atoms with van der Waals surface area (Å²) < 4.78 is 12.6. The Labute approximate surface area is 123 Å². The van der Waals surface area contributed by atoms with E-state index in [2.05, 4.69) is 27.7 Å². The molecule has 0 radical (unpaired) electrons. The Bertz CT molecular complexity index is 431. The molecule has 2 heteroatoms.